The first-order valence-corrected chi connectivity index (χ1v) is 5.16. The van der Waals surface area contributed by atoms with Crippen molar-refractivity contribution in [1.29, 1.82) is 5.26 Å². The molecule has 0 saturated heterocycles. The van der Waals surface area contributed by atoms with Crippen molar-refractivity contribution < 1.29 is 0 Å². The molecule has 2 heteroatoms. The van der Waals surface area contributed by atoms with E-state index in [4.69, 9.17) is 5.26 Å². The number of nitriles is 1. The maximum absolute atomic E-state index is 9.16. The molecule has 0 saturated carbocycles. The molecular formula is C14H12N2. The second-order valence-electron chi connectivity index (χ2n) is 3.75. The van der Waals surface area contributed by atoms with Crippen LogP contribution >= 0.6 is 0 Å². The fraction of sp³-hybridized carbons (Fsp3) is 0.143. The average molecular weight is 208 g/mol. The highest BCUT2D eigenvalue weighted by Crippen LogP contribution is 2.25. The van der Waals surface area contributed by atoms with Crippen LogP contribution in [0, 0.1) is 25.2 Å². The van der Waals surface area contributed by atoms with Gasteiger partial charge in [0.2, 0.25) is 0 Å². The number of aryl methyl sites for hydroxylation is 2. The highest BCUT2D eigenvalue weighted by atomic mass is 14.7. The smallest absolute Gasteiger partial charge is 0.102 e. The molecule has 1 aromatic heterocycles. The zero-order chi connectivity index (χ0) is 11.5. The Balaban J connectivity index is 2.70. The molecule has 1 heterocycles. The van der Waals surface area contributed by atoms with Crippen LogP contribution in [0.3, 0.4) is 0 Å². The SMILES string of the molecule is Cc1cc(-c2ccccc2)c(C#N)c(C)n1. The van der Waals surface area contributed by atoms with Gasteiger partial charge in [0, 0.05) is 11.3 Å². The van der Waals surface area contributed by atoms with E-state index in [1.54, 1.807) is 0 Å². The highest BCUT2D eigenvalue weighted by molar-refractivity contribution is 5.71. The predicted molar refractivity (Wildman–Crippen MR) is 63.9 cm³/mol. The molecule has 78 valence electrons. The molecule has 0 N–H and O–H groups in total. The second kappa shape index (κ2) is 4.16. The van der Waals surface area contributed by atoms with Crippen LogP contribution in [0.5, 0.6) is 0 Å². The third-order valence-electron chi connectivity index (χ3n) is 2.53. The van der Waals surface area contributed by atoms with Crippen LogP contribution < -0.4 is 0 Å². The molecule has 0 amide bonds. The first kappa shape index (κ1) is 10.4. The monoisotopic (exact) mass is 208 g/mol. The first-order chi connectivity index (χ1) is 7.72. The lowest BCUT2D eigenvalue weighted by atomic mass is 9.99. The lowest BCUT2D eigenvalue weighted by Gasteiger charge is -2.07. The fourth-order valence-electron chi connectivity index (χ4n) is 1.82. The van der Waals surface area contributed by atoms with Gasteiger partial charge in [-0.1, -0.05) is 30.3 Å². The number of rotatable bonds is 1. The topological polar surface area (TPSA) is 36.7 Å². The van der Waals surface area contributed by atoms with Gasteiger partial charge >= 0.3 is 0 Å². The highest BCUT2D eigenvalue weighted by Gasteiger charge is 2.09. The van der Waals surface area contributed by atoms with Crippen LogP contribution in [0.2, 0.25) is 0 Å². The van der Waals surface area contributed by atoms with Crippen molar-refractivity contribution in [2.24, 2.45) is 0 Å². The fourth-order valence-corrected chi connectivity index (χ4v) is 1.82. The summed E-state index contributed by atoms with van der Waals surface area (Å²) in [4.78, 5) is 4.31. The minimum atomic E-state index is 0.664. The van der Waals surface area contributed by atoms with E-state index in [0.717, 1.165) is 22.5 Å². The number of hydrogen-bond donors (Lipinski definition) is 0. The first-order valence-electron chi connectivity index (χ1n) is 5.16. The van der Waals surface area contributed by atoms with Gasteiger partial charge in [0.25, 0.3) is 0 Å². The molecule has 0 atom stereocenters. The van der Waals surface area contributed by atoms with Crippen molar-refractivity contribution in [3.05, 3.63) is 53.3 Å². The Labute approximate surface area is 95.2 Å². The molecule has 0 aliphatic carbocycles. The Bertz CT molecular complexity index is 551. The van der Waals surface area contributed by atoms with Crippen LogP contribution in [0.1, 0.15) is 17.0 Å². The maximum Gasteiger partial charge on any atom is 0.102 e. The zero-order valence-corrected chi connectivity index (χ0v) is 9.36. The number of pyridine rings is 1. The van der Waals surface area contributed by atoms with Gasteiger partial charge in [-0.3, -0.25) is 4.98 Å². The van der Waals surface area contributed by atoms with E-state index in [2.05, 4.69) is 11.1 Å². The van der Waals surface area contributed by atoms with E-state index in [9.17, 15) is 0 Å². The Hall–Kier alpha value is -2.14. The molecule has 0 unspecified atom stereocenters. The molecule has 2 aromatic rings. The number of hydrogen-bond acceptors (Lipinski definition) is 2. The zero-order valence-electron chi connectivity index (χ0n) is 9.36. The van der Waals surface area contributed by atoms with Gasteiger partial charge < -0.3 is 0 Å². The molecule has 0 radical (unpaired) electrons. The molecule has 0 spiro atoms. The summed E-state index contributed by atoms with van der Waals surface area (Å²) in [7, 11) is 0. The van der Waals surface area contributed by atoms with Crippen molar-refractivity contribution in [2.45, 2.75) is 13.8 Å². The van der Waals surface area contributed by atoms with E-state index in [1.807, 2.05) is 50.2 Å². The van der Waals surface area contributed by atoms with E-state index in [1.165, 1.54) is 0 Å². The van der Waals surface area contributed by atoms with Crippen LogP contribution in [-0.4, -0.2) is 4.98 Å². The van der Waals surface area contributed by atoms with Gasteiger partial charge in [0.05, 0.1) is 11.3 Å². The standard InChI is InChI=1S/C14H12N2/c1-10-8-13(12-6-4-3-5-7-12)14(9-15)11(2)16-10/h3-8H,1-2H3. The second-order valence-corrected chi connectivity index (χ2v) is 3.75. The van der Waals surface area contributed by atoms with E-state index < -0.39 is 0 Å². The Morgan fingerprint density at radius 3 is 2.44 bits per heavy atom. The van der Waals surface area contributed by atoms with Gasteiger partial charge in [0.1, 0.15) is 6.07 Å². The molecule has 0 fully saturated rings. The van der Waals surface area contributed by atoms with Gasteiger partial charge in [0.15, 0.2) is 0 Å². The summed E-state index contributed by atoms with van der Waals surface area (Å²) in [6.07, 6.45) is 0. The number of aromatic nitrogens is 1. The van der Waals surface area contributed by atoms with Crippen molar-refractivity contribution in [3.63, 3.8) is 0 Å². The Morgan fingerprint density at radius 2 is 1.81 bits per heavy atom. The van der Waals surface area contributed by atoms with E-state index in [0.29, 0.717) is 5.56 Å². The molecule has 2 nitrogen and oxygen atoms in total. The van der Waals surface area contributed by atoms with Crippen molar-refractivity contribution in [1.82, 2.24) is 4.98 Å². The summed E-state index contributed by atoms with van der Waals surface area (Å²) in [5.41, 5.74) is 4.43. The summed E-state index contributed by atoms with van der Waals surface area (Å²) >= 11 is 0. The normalized spacial score (nSPS) is 9.81. The summed E-state index contributed by atoms with van der Waals surface area (Å²) in [5.74, 6) is 0. The molecule has 0 aliphatic rings. The van der Waals surface area contributed by atoms with E-state index in [-0.39, 0.29) is 0 Å². The summed E-state index contributed by atoms with van der Waals surface area (Å²) < 4.78 is 0. The maximum atomic E-state index is 9.16. The Morgan fingerprint density at radius 1 is 1.12 bits per heavy atom. The van der Waals surface area contributed by atoms with Crippen LogP contribution in [0.25, 0.3) is 11.1 Å². The molecule has 2 rings (SSSR count). The van der Waals surface area contributed by atoms with Gasteiger partial charge in [-0.15, -0.1) is 0 Å². The van der Waals surface area contributed by atoms with E-state index >= 15 is 0 Å². The minimum Gasteiger partial charge on any atom is -0.257 e. The van der Waals surface area contributed by atoms with Crippen LogP contribution in [0.15, 0.2) is 36.4 Å². The van der Waals surface area contributed by atoms with Crippen LogP contribution in [-0.2, 0) is 0 Å². The molecule has 0 bridgehead atoms. The average Bonchev–Trinajstić information content (AvgIpc) is 2.29. The van der Waals surface area contributed by atoms with Crippen molar-refractivity contribution in [3.8, 4) is 17.2 Å². The third-order valence-corrected chi connectivity index (χ3v) is 2.53. The summed E-state index contributed by atoms with van der Waals surface area (Å²) in [6, 6.07) is 14.1. The Kier molecular flexibility index (Phi) is 2.70. The lowest BCUT2D eigenvalue weighted by Crippen LogP contribution is -1.95. The quantitative estimate of drug-likeness (QED) is 0.721. The predicted octanol–water partition coefficient (Wildman–Crippen LogP) is 3.24. The number of benzene rings is 1. The van der Waals surface area contributed by atoms with Crippen LogP contribution in [0.4, 0.5) is 0 Å². The van der Waals surface area contributed by atoms with Crippen molar-refractivity contribution in [2.75, 3.05) is 0 Å². The summed E-state index contributed by atoms with van der Waals surface area (Å²) in [5, 5.41) is 9.16. The summed E-state index contributed by atoms with van der Waals surface area (Å²) in [6.45, 7) is 3.82. The molecule has 0 aliphatic heterocycles. The number of nitrogens with zero attached hydrogens (tertiary/aromatic N) is 2. The third kappa shape index (κ3) is 1.80. The minimum absolute atomic E-state index is 0.664. The molecular weight excluding hydrogens is 196 g/mol. The molecule has 16 heavy (non-hydrogen) atoms. The van der Waals surface area contributed by atoms with Gasteiger partial charge in [-0.2, -0.15) is 5.26 Å². The largest absolute Gasteiger partial charge is 0.257 e. The molecule has 1 aromatic carbocycles. The van der Waals surface area contributed by atoms with Gasteiger partial charge in [-0.05, 0) is 25.5 Å². The lowest BCUT2D eigenvalue weighted by molar-refractivity contribution is 1.11. The van der Waals surface area contributed by atoms with Gasteiger partial charge in [-0.25, -0.2) is 0 Å². The van der Waals surface area contributed by atoms with Crippen molar-refractivity contribution >= 4 is 0 Å².